The van der Waals surface area contributed by atoms with E-state index in [0.29, 0.717) is 47.4 Å². The molecule has 1 heterocycles. The predicted octanol–water partition coefficient (Wildman–Crippen LogP) is 4.41. The number of halogens is 2. The van der Waals surface area contributed by atoms with Crippen LogP contribution < -0.4 is 5.32 Å². The van der Waals surface area contributed by atoms with Gasteiger partial charge in [-0.05, 0) is 48.8 Å². The summed E-state index contributed by atoms with van der Waals surface area (Å²) in [5, 5.41) is 12.3. The van der Waals surface area contributed by atoms with E-state index in [1.165, 1.54) is 18.2 Å². The highest BCUT2D eigenvalue weighted by molar-refractivity contribution is 6.31. The van der Waals surface area contributed by atoms with Gasteiger partial charge in [0.05, 0.1) is 10.6 Å². The molecule has 1 N–H and O–H groups in total. The third-order valence-electron chi connectivity index (χ3n) is 5.96. The van der Waals surface area contributed by atoms with Gasteiger partial charge in [0, 0.05) is 37.3 Å². The van der Waals surface area contributed by atoms with Crippen LogP contribution in [0, 0.1) is 29.0 Å². The summed E-state index contributed by atoms with van der Waals surface area (Å²) in [6.07, 6.45) is 4.51. The van der Waals surface area contributed by atoms with Crippen molar-refractivity contribution in [1.82, 2.24) is 4.57 Å². The lowest BCUT2D eigenvalue weighted by atomic mass is 9.91. The molecule has 1 amide bonds. The summed E-state index contributed by atoms with van der Waals surface area (Å²) in [4.78, 5) is 24.7. The number of nitriles is 1. The van der Waals surface area contributed by atoms with E-state index in [2.05, 4.69) is 11.4 Å². The second-order valence-corrected chi connectivity index (χ2v) is 8.15. The second-order valence-electron chi connectivity index (χ2n) is 7.75. The Morgan fingerprint density at radius 3 is 2.61 bits per heavy atom. The van der Waals surface area contributed by atoms with Gasteiger partial charge >= 0.3 is 0 Å². The number of hydrogen-bond acceptors (Lipinski definition) is 3. The molecule has 2 fully saturated rings. The Balaban J connectivity index is 1.65. The van der Waals surface area contributed by atoms with Crippen molar-refractivity contribution in [3.8, 4) is 6.07 Å². The van der Waals surface area contributed by atoms with Gasteiger partial charge in [-0.2, -0.15) is 5.26 Å². The van der Waals surface area contributed by atoms with Crippen LogP contribution in [-0.2, 0) is 11.8 Å². The van der Waals surface area contributed by atoms with E-state index in [1.807, 2.05) is 0 Å². The summed E-state index contributed by atoms with van der Waals surface area (Å²) in [5.74, 6) is 0.157. The molecule has 1 aromatic carbocycles. The topological polar surface area (TPSA) is 74.9 Å². The number of amides is 1. The number of benzene rings is 1. The van der Waals surface area contributed by atoms with Crippen molar-refractivity contribution in [2.24, 2.45) is 18.9 Å². The van der Waals surface area contributed by atoms with Crippen LogP contribution in [0.5, 0.6) is 0 Å². The maximum atomic E-state index is 13.4. The van der Waals surface area contributed by atoms with Crippen LogP contribution in [0.15, 0.2) is 24.4 Å². The van der Waals surface area contributed by atoms with E-state index in [4.69, 9.17) is 11.6 Å². The number of aryl methyl sites for hydroxylation is 1. The zero-order valence-electron chi connectivity index (χ0n) is 15.3. The van der Waals surface area contributed by atoms with Gasteiger partial charge in [-0.1, -0.05) is 11.6 Å². The molecule has 2 unspecified atom stereocenters. The molecule has 5 nitrogen and oxygen atoms in total. The fraction of sp³-hybridized carbons (Fsp3) is 0.381. The van der Waals surface area contributed by atoms with E-state index >= 15 is 0 Å². The number of Topliss-reactive ketones (excluding diaryl/α,β-unsaturated/α-hetero) is 1. The van der Waals surface area contributed by atoms with Crippen LogP contribution in [-0.4, -0.2) is 16.3 Å². The van der Waals surface area contributed by atoms with Crippen molar-refractivity contribution in [3.63, 3.8) is 0 Å². The maximum absolute atomic E-state index is 13.4. The monoisotopic (exact) mass is 399 g/mol. The zero-order valence-corrected chi connectivity index (χ0v) is 16.1. The Morgan fingerprint density at radius 2 is 2.00 bits per heavy atom. The van der Waals surface area contributed by atoms with Gasteiger partial charge < -0.3 is 9.88 Å². The van der Waals surface area contributed by atoms with Crippen molar-refractivity contribution in [2.45, 2.75) is 31.6 Å². The number of fused-ring (bicyclic) bond motifs is 1. The van der Waals surface area contributed by atoms with E-state index in [-0.39, 0.29) is 16.8 Å². The fourth-order valence-corrected chi connectivity index (χ4v) is 4.99. The number of rotatable bonds is 3. The quantitative estimate of drug-likeness (QED) is 0.830. The first-order valence-electron chi connectivity index (χ1n) is 9.24. The summed E-state index contributed by atoms with van der Waals surface area (Å²) < 4.78 is 15.0. The molecule has 2 aromatic rings. The summed E-state index contributed by atoms with van der Waals surface area (Å²) >= 11 is 5.80. The van der Waals surface area contributed by atoms with Crippen LogP contribution in [0.3, 0.4) is 0 Å². The molecule has 0 spiro atoms. The van der Waals surface area contributed by atoms with Crippen LogP contribution in [0.1, 0.15) is 53.2 Å². The normalized spacial score (nSPS) is 23.5. The first-order valence-corrected chi connectivity index (χ1v) is 9.62. The Labute approximate surface area is 167 Å². The van der Waals surface area contributed by atoms with Crippen molar-refractivity contribution in [1.29, 1.82) is 5.26 Å². The number of carbonyl (C=O) groups excluding carboxylic acids is 2. The van der Waals surface area contributed by atoms with Gasteiger partial charge in [0.2, 0.25) is 0 Å². The Hall–Kier alpha value is -2.65. The second kappa shape index (κ2) is 7.06. The molecule has 2 aliphatic rings. The van der Waals surface area contributed by atoms with Crippen LogP contribution in [0.2, 0.25) is 5.02 Å². The Kier molecular flexibility index (Phi) is 4.72. The average Bonchev–Trinajstić information content (AvgIpc) is 3.27. The number of nitrogens with one attached hydrogen (secondary N) is 1. The smallest absolute Gasteiger partial charge is 0.272 e. The van der Waals surface area contributed by atoms with Gasteiger partial charge in [-0.25, -0.2) is 4.39 Å². The number of ketones is 1. The Bertz CT molecular complexity index is 1010. The number of aromatic nitrogens is 1. The molecular weight excluding hydrogens is 381 g/mol. The molecule has 7 heteroatoms. The first kappa shape index (κ1) is 18.7. The van der Waals surface area contributed by atoms with Crippen LogP contribution in [0.25, 0.3) is 0 Å². The summed E-state index contributed by atoms with van der Waals surface area (Å²) in [5.41, 5.74) is 2.04. The van der Waals surface area contributed by atoms with Crippen LogP contribution in [0.4, 0.5) is 10.1 Å². The van der Waals surface area contributed by atoms with E-state index in [9.17, 15) is 19.2 Å². The first-order chi connectivity index (χ1) is 13.4. The molecular formula is C21H19ClFN3O2. The van der Waals surface area contributed by atoms with Crippen molar-refractivity contribution in [3.05, 3.63) is 52.1 Å². The fourth-order valence-electron chi connectivity index (χ4n) is 4.81. The Morgan fingerprint density at radius 1 is 1.32 bits per heavy atom. The molecule has 2 atom stereocenters. The van der Waals surface area contributed by atoms with Crippen LogP contribution >= 0.6 is 11.6 Å². The molecule has 144 valence electrons. The lowest BCUT2D eigenvalue weighted by Gasteiger charge is -2.15. The highest BCUT2D eigenvalue weighted by atomic mass is 35.5. The van der Waals surface area contributed by atoms with Crippen molar-refractivity contribution >= 4 is 29.0 Å². The van der Waals surface area contributed by atoms with Gasteiger partial charge in [-0.3, -0.25) is 9.59 Å². The highest BCUT2D eigenvalue weighted by Gasteiger charge is 2.43. The maximum Gasteiger partial charge on any atom is 0.272 e. The SMILES string of the molecule is Cn1cc(C#N)c(C2CC3CC(=O)CC3C2)c1C(=O)Nc1ccc(F)c(Cl)c1. The van der Waals surface area contributed by atoms with Crippen molar-refractivity contribution in [2.75, 3.05) is 5.32 Å². The molecule has 28 heavy (non-hydrogen) atoms. The molecule has 2 aliphatic carbocycles. The molecule has 2 saturated carbocycles. The highest BCUT2D eigenvalue weighted by Crippen LogP contribution is 2.50. The number of nitrogens with zero attached hydrogens (tertiary/aromatic N) is 2. The third-order valence-corrected chi connectivity index (χ3v) is 6.25. The largest absolute Gasteiger partial charge is 0.345 e. The molecule has 0 aliphatic heterocycles. The minimum Gasteiger partial charge on any atom is -0.345 e. The van der Waals surface area contributed by atoms with Gasteiger partial charge in [0.15, 0.2) is 0 Å². The molecule has 0 bridgehead atoms. The van der Waals surface area contributed by atoms with Gasteiger partial charge in [0.1, 0.15) is 23.4 Å². The van der Waals surface area contributed by atoms with Crippen molar-refractivity contribution < 1.29 is 14.0 Å². The van der Waals surface area contributed by atoms with Gasteiger partial charge in [-0.15, -0.1) is 0 Å². The summed E-state index contributed by atoms with van der Waals surface area (Å²) in [7, 11) is 1.73. The minimum absolute atomic E-state index is 0.0732. The standard InChI is InChI=1S/C21H19ClFN3O2/c1-26-10-14(9-24)19(13-4-11-6-16(27)7-12(11)5-13)20(26)21(28)25-15-2-3-18(23)17(22)8-15/h2-3,8,10-13H,4-7H2,1H3,(H,25,28). The molecule has 4 rings (SSSR count). The van der Waals surface area contributed by atoms with Gasteiger partial charge in [0.25, 0.3) is 5.91 Å². The zero-order chi connectivity index (χ0) is 20.0. The number of hydrogen-bond donors (Lipinski definition) is 1. The molecule has 0 saturated heterocycles. The van der Waals surface area contributed by atoms with E-state index in [0.717, 1.165) is 18.4 Å². The number of carbonyl (C=O) groups is 2. The van der Waals surface area contributed by atoms with E-state index < -0.39 is 5.82 Å². The molecule has 0 radical (unpaired) electrons. The average molecular weight is 400 g/mol. The summed E-state index contributed by atoms with van der Waals surface area (Å²) in [6.45, 7) is 0. The lowest BCUT2D eigenvalue weighted by molar-refractivity contribution is -0.117. The minimum atomic E-state index is -0.557. The number of anilines is 1. The predicted molar refractivity (Wildman–Crippen MR) is 103 cm³/mol. The van der Waals surface area contributed by atoms with E-state index in [1.54, 1.807) is 17.8 Å². The lowest BCUT2D eigenvalue weighted by Crippen LogP contribution is -2.18. The molecule has 1 aromatic heterocycles. The third kappa shape index (κ3) is 3.20. The summed E-state index contributed by atoms with van der Waals surface area (Å²) in [6, 6.07) is 6.20.